The summed E-state index contributed by atoms with van der Waals surface area (Å²) in [6.07, 6.45) is 0. The molecule has 0 spiro atoms. The summed E-state index contributed by atoms with van der Waals surface area (Å²) in [7, 11) is 0. The van der Waals surface area contributed by atoms with E-state index < -0.39 is 5.97 Å². The van der Waals surface area contributed by atoms with Crippen molar-refractivity contribution in [3.63, 3.8) is 0 Å². The Hall–Kier alpha value is -2.14. The van der Waals surface area contributed by atoms with Crippen LogP contribution in [0.1, 0.15) is 21.6 Å². The van der Waals surface area contributed by atoms with Crippen molar-refractivity contribution >= 4 is 17.6 Å². The molecular formula is C13H11ClN2O3. The highest BCUT2D eigenvalue weighted by Crippen LogP contribution is 2.30. The van der Waals surface area contributed by atoms with Crippen molar-refractivity contribution in [2.45, 2.75) is 13.8 Å². The lowest BCUT2D eigenvalue weighted by Gasteiger charge is -2.11. The molecule has 1 heterocycles. The maximum Gasteiger partial charge on any atom is 0.341 e. The van der Waals surface area contributed by atoms with Gasteiger partial charge in [0, 0.05) is 0 Å². The van der Waals surface area contributed by atoms with Crippen molar-refractivity contribution in [3.05, 3.63) is 46.1 Å². The Kier molecular flexibility index (Phi) is 3.66. The molecule has 1 N–H and O–H groups in total. The van der Waals surface area contributed by atoms with Gasteiger partial charge in [-0.2, -0.15) is 5.10 Å². The fourth-order valence-corrected chi connectivity index (χ4v) is 1.72. The largest absolute Gasteiger partial charge is 0.477 e. The van der Waals surface area contributed by atoms with Crippen molar-refractivity contribution in [2.75, 3.05) is 0 Å². The molecule has 2 rings (SSSR count). The number of carbonyl (C=O) groups is 1. The van der Waals surface area contributed by atoms with Gasteiger partial charge >= 0.3 is 5.97 Å². The van der Waals surface area contributed by atoms with Gasteiger partial charge in [0.25, 0.3) is 5.88 Å². The summed E-state index contributed by atoms with van der Waals surface area (Å²) in [6.45, 7) is 3.35. The highest BCUT2D eigenvalue weighted by molar-refractivity contribution is 6.32. The summed E-state index contributed by atoms with van der Waals surface area (Å²) < 4.78 is 5.45. The van der Waals surface area contributed by atoms with E-state index in [-0.39, 0.29) is 11.4 Å². The Morgan fingerprint density at radius 3 is 2.58 bits per heavy atom. The zero-order valence-electron chi connectivity index (χ0n) is 10.3. The number of carboxylic acids is 1. The van der Waals surface area contributed by atoms with Crippen LogP contribution < -0.4 is 4.74 Å². The number of nitrogens with zero attached hydrogens (tertiary/aromatic N) is 2. The van der Waals surface area contributed by atoms with E-state index in [2.05, 4.69) is 10.2 Å². The van der Waals surface area contributed by atoms with Crippen LogP contribution in [0.3, 0.4) is 0 Å². The Morgan fingerprint density at radius 2 is 1.95 bits per heavy atom. The minimum absolute atomic E-state index is 0.00702. The first-order chi connectivity index (χ1) is 9.00. The van der Waals surface area contributed by atoms with Crippen LogP contribution in [-0.4, -0.2) is 21.3 Å². The van der Waals surface area contributed by atoms with Crippen LogP contribution >= 0.6 is 11.6 Å². The van der Waals surface area contributed by atoms with Gasteiger partial charge < -0.3 is 9.84 Å². The van der Waals surface area contributed by atoms with E-state index in [1.807, 2.05) is 0 Å². The molecule has 0 fully saturated rings. The number of ether oxygens (including phenoxy) is 1. The van der Waals surface area contributed by atoms with Gasteiger partial charge in [0.05, 0.1) is 10.7 Å². The average Bonchev–Trinajstić information content (AvgIpc) is 2.36. The lowest BCUT2D eigenvalue weighted by Crippen LogP contribution is -2.08. The van der Waals surface area contributed by atoms with Gasteiger partial charge in [-0.15, -0.1) is 5.10 Å². The number of benzene rings is 1. The molecule has 0 amide bonds. The zero-order valence-corrected chi connectivity index (χ0v) is 11.1. The summed E-state index contributed by atoms with van der Waals surface area (Å²) in [4.78, 5) is 11.3. The molecule has 0 bridgehead atoms. The molecule has 0 aliphatic heterocycles. The summed E-state index contributed by atoms with van der Waals surface area (Å²) in [6, 6.07) is 6.76. The monoisotopic (exact) mass is 278 g/mol. The average molecular weight is 279 g/mol. The molecule has 5 nitrogen and oxygen atoms in total. The van der Waals surface area contributed by atoms with E-state index in [0.29, 0.717) is 22.0 Å². The molecule has 0 saturated heterocycles. The maximum absolute atomic E-state index is 11.3. The van der Waals surface area contributed by atoms with Gasteiger partial charge in [0.1, 0.15) is 11.3 Å². The number of hydrogen-bond acceptors (Lipinski definition) is 4. The number of hydrogen-bond donors (Lipinski definition) is 1. The number of halogens is 1. The lowest BCUT2D eigenvalue weighted by molar-refractivity contribution is 0.0692. The summed E-state index contributed by atoms with van der Waals surface area (Å²) in [5, 5.41) is 17.3. The number of aromatic nitrogens is 2. The lowest BCUT2D eigenvalue weighted by atomic mass is 10.1. The number of aromatic carboxylic acids is 1. The molecule has 19 heavy (non-hydrogen) atoms. The molecule has 1 aromatic heterocycles. The van der Waals surface area contributed by atoms with Crippen LogP contribution in [0.5, 0.6) is 11.6 Å². The first-order valence-corrected chi connectivity index (χ1v) is 5.88. The predicted molar refractivity (Wildman–Crippen MR) is 70.0 cm³/mol. The van der Waals surface area contributed by atoms with E-state index in [9.17, 15) is 9.90 Å². The molecule has 0 aliphatic carbocycles. The Balaban J connectivity index is 2.49. The molecule has 6 heteroatoms. The predicted octanol–water partition coefficient (Wildman–Crippen LogP) is 3.24. The number of rotatable bonds is 3. The van der Waals surface area contributed by atoms with E-state index in [4.69, 9.17) is 16.3 Å². The molecule has 0 atom stereocenters. The minimum Gasteiger partial charge on any atom is -0.477 e. The smallest absolute Gasteiger partial charge is 0.341 e. The van der Waals surface area contributed by atoms with Crippen LogP contribution in [0.15, 0.2) is 24.3 Å². The summed E-state index contributed by atoms with van der Waals surface area (Å²) in [5.41, 5.74) is 1.06. The van der Waals surface area contributed by atoms with Gasteiger partial charge in [0.2, 0.25) is 0 Å². The number of para-hydroxylation sites is 1. The van der Waals surface area contributed by atoms with Crippen molar-refractivity contribution in [3.8, 4) is 11.6 Å². The summed E-state index contributed by atoms with van der Waals surface area (Å²) >= 11 is 5.96. The standard InChI is InChI=1S/C13H11ClN2O3/c1-7-8(2)15-16-12(11(7)13(17)18)19-10-6-4-3-5-9(10)14/h3-6H,1-2H3,(H,17,18). The SMILES string of the molecule is Cc1nnc(Oc2ccccc2Cl)c(C(=O)O)c1C. The molecule has 0 aliphatic rings. The van der Waals surface area contributed by atoms with Crippen molar-refractivity contribution in [1.82, 2.24) is 10.2 Å². The van der Waals surface area contributed by atoms with Gasteiger partial charge in [-0.3, -0.25) is 0 Å². The van der Waals surface area contributed by atoms with E-state index >= 15 is 0 Å². The molecule has 1 aromatic carbocycles. The van der Waals surface area contributed by atoms with Crippen LogP contribution in [0, 0.1) is 13.8 Å². The van der Waals surface area contributed by atoms with Gasteiger partial charge in [-0.25, -0.2) is 4.79 Å². The third-order valence-electron chi connectivity index (χ3n) is 2.68. The van der Waals surface area contributed by atoms with Crippen molar-refractivity contribution in [2.24, 2.45) is 0 Å². The zero-order chi connectivity index (χ0) is 14.0. The first-order valence-electron chi connectivity index (χ1n) is 5.50. The quantitative estimate of drug-likeness (QED) is 0.933. The second-order valence-electron chi connectivity index (χ2n) is 3.93. The van der Waals surface area contributed by atoms with Gasteiger partial charge in [0.15, 0.2) is 0 Å². The molecule has 98 valence electrons. The van der Waals surface area contributed by atoms with E-state index in [0.717, 1.165) is 0 Å². The van der Waals surface area contributed by atoms with E-state index in [1.165, 1.54) is 0 Å². The Morgan fingerprint density at radius 1 is 1.26 bits per heavy atom. The van der Waals surface area contributed by atoms with Gasteiger partial charge in [-0.05, 0) is 31.5 Å². The second kappa shape index (κ2) is 5.24. The van der Waals surface area contributed by atoms with Crippen molar-refractivity contribution < 1.29 is 14.6 Å². The molecule has 2 aromatic rings. The van der Waals surface area contributed by atoms with Crippen LogP contribution in [0.2, 0.25) is 5.02 Å². The molecule has 0 radical (unpaired) electrons. The third kappa shape index (κ3) is 2.66. The number of carboxylic acid groups (broad SMARTS) is 1. The summed E-state index contributed by atoms with van der Waals surface area (Å²) in [5.74, 6) is -0.842. The van der Waals surface area contributed by atoms with Gasteiger partial charge in [-0.1, -0.05) is 23.7 Å². The van der Waals surface area contributed by atoms with Crippen LogP contribution in [0.4, 0.5) is 0 Å². The molecular weight excluding hydrogens is 268 g/mol. The fraction of sp³-hybridized carbons (Fsp3) is 0.154. The van der Waals surface area contributed by atoms with Crippen LogP contribution in [-0.2, 0) is 0 Å². The van der Waals surface area contributed by atoms with E-state index in [1.54, 1.807) is 38.1 Å². The maximum atomic E-state index is 11.3. The highest BCUT2D eigenvalue weighted by Gasteiger charge is 2.20. The topological polar surface area (TPSA) is 72.3 Å². The minimum atomic E-state index is -1.11. The molecule has 0 saturated carbocycles. The second-order valence-corrected chi connectivity index (χ2v) is 4.34. The third-order valence-corrected chi connectivity index (χ3v) is 2.99. The fourth-order valence-electron chi connectivity index (χ4n) is 1.54. The van der Waals surface area contributed by atoms with Crippen molar-refractivity contribution in [1.29, 1.82) is 0 Å². The first kappa shape index (κ1) is 13.3. The number of aryl methyl sites for hydroxylation is 1. The normalized spacial score (nSPS) is 10.3. The molecule has 0 unspecified atom stereocenters. The Bertz CT molecular complexity index is 644. The highest BCUT2D eigenvalue weighted by atomic mass is 35.5. The van der Waals surface area contributed by atoms with Crippen LogP contribution in [0.25, 0.3) is 0 Å². The Labute approximate surface area is 114 Å².